The number of nitrogens with one attached hydrogen (secondary N) is 1. The van der Waals surface area contributed by atoms with Gasteiger partial charge in [-0.1, -0.05) is 37.3 Å². The van der Waals surface area contributed by atoms with Crippen LogP contribution >= 0.6 is 0 Å². The van der Waals surface area contributed by atoms with Crippen molar-refractivity contribution < 1.29 is 5.11 Å². The molecule has 6 heteroatoms. The molecule has 120 valence electrons. The zero-order chi connectivity index (χ0) is 16.1. The van der Waals surface area contributed by atoms with Crippen molar-refractivity contribution in [2.75, 3.05) is 18.5 Å². The highest BCUT2D eigenvalue weighted by Crippen LogP contribution is 2.22. The highest BCUT2D eigenvalue weighted by Gasteiger charge is 2.12. The van der Waals surface area contributed by atoms with Gasteiger partial charge in [-0.05, 0) is 12.0 Å². The van der Waals surface area contributed by atoms with Crippen LogP contribution in [0.3, 0.4) is 0 Å². The number of fused-ring (bicyclic) bond motifs is 1. The summed E-state index contributed by atoms with van der Waals surface area (Å²) in [6.07, 6.45) is 4.33. The number of rotatable bonds is 7. The Kier molecular flexibility index (Phi) is 4.83. The molecule has 0 saturated heterocycles. The van der Waals surface area contributed by atoms with Crippen LogP contribution in [-0.2, 0) is 6.54 Å². The molecule has 0 radical (unpaired) electrons. The summed E-state index contributed by atoms with van der Waals surface area (Å²) in [5, 5.41) is 17.7. The maximum Gasteiger partial charge on any atom is 0.163 e. The Labute approximate surface area is 135 Å². The Balaban J connectivity index is 1.79. The van der Waals surface area contributed by atoms with E-state index in [1.807, 2.05) is 6.07 Å². The zero-order valence-electron chi connectivity index (χ0n) is 13.2. The average Bonchev–Trinajstić information content (AvgIpc) is 3.01. The van der Waals surface area contributed by atoms with Gasteiger partial charge in [0.1, 0.15) is 12.1 Å². The van der Waals surface area contributed by atoms with Crippen LogP contribution in [0.2, 0.25) is 0 Å². The van der Waals surface area contributed by atoms with Gasteiger partial charge in [-0.2, -0.15) is 5.10 Å². The van der Waals surface area contributed by atoms with E-state index >= 15 is 0 Å². The van der Waals surface area contributed by atoms with Crippen LogP contribution in [0.5, 0.6) is 0 Å². The van der Waals surface area contributed by atoms with Gasteiger partial charge in [0.25, 0.3) is 0 Å². The van der Waals surface area contributed by atoms with Crippen LogP contribution in [0.4, 0.5) is 5.82 Å². The van der Waals surface area contributed by atoms with Crippen LogP contribution in [0.15, 0.2) is 42.9 Å². The molecule has 3 aromatic rings. The smallest absolute Gasteiger partial charge is 0.163 e. The van der Waals surface area contributed by atoms with Crippen LogP contribution in [-0.4, -0.2) is 38.0 Å². The van der Waals surface area contributed by atoms with Gasteiger partial charge in [0.05, 0.1) is 24.7 Å². The molecule has 0 amide bonds. The molecule has 1 aromatic carbocycles. The molecule has 1 atom stereocenters. The fourth-order valence-corrected chi connectivity index (χ4v) is 2.74. The summed E-state index contributed by atoms with van der Waals surface area (Å²) in [4.78, 5) is 8.61. The summed E-state index contributed by atoms with van der Waals surface area (Å²) in [6, 6.07) is 10.5. The summed E-state index contributed by atoms with van der Waals surface area (Å²) >= 11 is 0. The molecule has 0 aliphatic carbocycles. The molecule has 3 rings (SSSR count). The first-order valence-corrected chi connectivity index (χ1v) is 7.89. The molecule has 0 aliphatic heterocycles. The van der Waals surface area contributed by atoms with Crippen LogP contribution in [0.1, 0.15) is 24.8 Å². The van der Waals surface area contributed by atoms with E-state index in [0.717, 1.165) is 29.8 Å². The summed E-state index contributed by atoms with van der Waals surface area (Å²) in [6.45, 7) is 3.46. The lowest BCUT2D eigenvalue weighted by Crippen LogP contribution is -2.13. The lowest BCUT2D eigenvalue weighted by atomic mass is 9.96. The van der Waals surface area contributed by atoms with Crippen molar-refractivity contribution in [2.24, 2.45) is 0 Å². The van der Waals surface area contributed by atoms with Gasteiger partial charge in [-0.3, -0.25) is 0 Å². The van der Waals surface area contributed by atoms with E-state index in [4.69, 9.17) is 5.11 Å². The normalized spacial score (nSPS) is 12.4. The van der Waals surface area contributed by atoms with Gasteiger partial charge in [-0.15, -0.1) is 0 Å². The molecule has 2 aromatic heterocycles. The minimum absolute atomic E-state index is 0.0372. The minimum Gasteiger partial charge on any atom is -0.394 e. The van der Waals surface area contributed by atoms with Crippen molar-refractivity contribution in [1.82, 2.24) is 19.7 Å². The third-order valence-electron chi connectivity index (χ3n) is 4.03. The van der Waals surface area contributed by atoms with Crippen molar-refractivity contribution >= 4 is 16.9 Å². The van der Waals surface area contributed by atoms with E-state index in [1.54, 1.807) is 10.9 Å². The fraction of sp³-hybridized carbons (Fsp3) is 0.353. The summed E-state index contributed by atoms with van der Waals surface area (Å²) in [5.74, 6) is 1.21. The van der Waals surface area contributed by atoms with E-state index in [0.29, 0.717) is 12.5 Å². The molecular weight excluding hydrogens is 290 g/mol. The first-order chi connectivity index (χ1) is 11.3. The molecule has 6 nitrogen and oxygen atoms in total. The van der Waals surface area contributed by atoms with Crippen molar-refractivity contribution in [1.29, 1.82) is 0 Å². The summed E-state index contributed by atoms with van der Waals surface area (Å²) < 4.78 is 1.69. The van der Waals surface area contributed by atoms with Crippen molar-refractivity contribution in [3.8, 4) is 0 Å². The first kappa shape index (κ1) is 15.4. The Hall–Kier alpha value is -2.47. The number of aliphatic hydroxyl groups is 1. The van der Waals surface area contributed by atoms with Gasteiger partial charge in [0.2, 0.25) is 0 Å². The molecule has 0 bridgehead atoms. The maximum absolute atomic E-state index is 9.08. The lowest BCUT2D eigenvalue weighted by molar-refractivity contribution is 0.271. The standard InChI is InChI=1S/C17H21N5O/c1-2-13(14-6-4-3-5-7-14)10-18-16-15-11-21-22(8-9-23)17(15)20-12-19-16/h3-7,11-13,23H,2,8-10H2,1H3,(H,18,19,20)/t13-/m0/s1. The van der Waals surface area contributed by atoms with Gasteiger partial charge in [0, 0.05) is 12.5 Å². The molecule has 0 aliphatic rings. The monoisotopic (exact) mass is 311 g/mol. The Morgan fingerprint density at radius 2 is 2.04 bits per heavy atom. The van der Waals surface area contributed by atoms with Gasteiger partial charge in [0.15, 0.2) is 5.65 Å². The third kappa shape index (κ3) is 3.32. The molecular formula is C17H21N5O. The largest absolute Gasteiger partial charge is 0.394 e. The van der Waals surface area contributed by atoms with Gasteiger partial charge < -0.3 is 10.4 Å². The fourth-order valence-electron chi connectivity index (χ4n) is 2.74. The summed E-state index contributed by atoms with van der Waals surface area (Å²) in [5.41, 5.74) is 2.06. The Bertz CT molecular complexity index is 756. The van der Waals surface area contributed by atoms with Crippen molar-refractivity contribution in [3.05, 3.63) is 48.4 Å². The number of nitrogens with zero attached hydrogens (tertiary/aromatic N) is 4. The average molecular weight is 311 g/mol. The van der Waals surface area contributed by atoms with Crippen LogP contribution in [0, 0.1) is 0 Å². The number of aromatic nitrogens is 4. The Morgan fingerprint density at radius 3 is 2.78 bits per heavy atom. The van der Waals surface area contributed by atoms with Crippen LogP contribution < -0.4 is 5.32 Å². The predicted molar refractivity (Wildman–Crippen MR) is 90.4 cm³/mol. The number of benzene rings is 1. The second-order valence-corrected chi connectivity index (χ2v) is 5.45. The third-order valence-corrected chi connectivity index (χ3v) is 4.03. The highest BCUT2D eigenvalue weighted by atomic mass is 16.3. The topological polar surface area (TPSA) is 75.9 Å². The minimum atomic E-state index is 0.0372. The summed E-state index contributed by atoms with van der Waals surface area (Å²) in [7, 11) is 0. The van der Waals surface area contributed by atoms with E-state index < -0.39 is 0 Å². The van der Waals surface area contributed by atoms with E-state index in [2.05, 4.69) is 51.6 Å². The van der Waals surface area contributed by atoms with E-state index in [9.17, 15) is 0 Å². The van der Waals surface area contributed by atoms with Gasteiger partial charge >= 0.3 is 0 Å². The SMILES string of the molecule is CC[C@@H](CNc1ncnc2c1cnn2CCO)c1ccccc1. The molecule has 23 heavy (non-hydrogen) atoms. The zero-order valence-corrected chi connectivity index (χ0v) is 13.2. The molecule has 2 heterocycles. The number of anilines is 1. The maximum atomic E-state index is 9.08. The molecule has 0 fully saturated rings. The van der Waals surface area contributed by atoms with Crippen LogP contribution in [0.25, 0.3) is 11.0 Å². The number of aliphatic hydroxyl groups excluding tert-OH is 1. The van der Waals surface area contributed by atoms with Crippen molar-refractivity contribution in [3.63, 3.8) is 0 Å². The molecule has 0 unspecified atom stereocenters. The van der Waals surface area contributed by atoms with E-state index in [1.165, 1.54) is 11.9 Å². The first-order valence-electron chi connectivity index (χ1n) is 7.89. The second-order valence-electron chi connectivity index (χ2n) is 5.45. The lowest BCUT2D eigenvalue weighted by Gasteiger charge is -2.16. The number of hydrogen-bond acceptors (Lipinski definition) is 5. The molecule has 0 saturated carbocycles. The quantitative estimate of drug-likeness (QED) is 0.701. The Morgan fingerprint density at radius 1 is 1.22 bits per heavy atom. The molecule has 0 spiro atoms. The number of hydrogen-bond donors (Lipinski definition) is 2. The highest BCUT2D eigenvalue weighted by molar-refractivity contribution is 5.86. The second kappa shape index (κ2) is 7.19. The van der Waals surface area contributed by atoms with Gasteiger partial charge in [-0.25, -0.2) is 14.6 Å². The predicted octanol–water partition coefficient (Wildman–Crippen LogP) is 2.42. The van der Waals surface area contributed by atoms with Crippen molar-refractivity contribution in [2.45, 2.75) is 25.8 Å². The molecule has 2 N–H and O–H groups in total. The van der Waals surface area contributed by atoms with E-state index in [-0.39, 0.29) is 6.61 Å².